The van der Waals surface area contributed by atoms with E-state index in [4.69, 9.17) is 33.7 Å². The second-order valence-electron chi connectivity index (χ2n) is 17.3. The highest BCUT2D eigenvalue weighted by atomic mass is 31.3. The Hall–Kier alpha value is -4.36. The van der Waals surface area contributed by atoms with E-state index in [9.17, 15) is 43.5 Å². The molecule has 3 heterocycles. The molecule has 0 aliphatic carbocycles. The summed E-state index contributed by atoms with van der Waals surface area (Å²) in [5.74, 6) is -1.43. The molecule has 408 valence electrons. The van der Waals surface area contributed by atoms with Gasteiger partial charge in [0, 0.05) is 19.0 Å². The number of nitrogens with two attached hydrogens (primary N) is 1. The standard InChI is InChI=1S/C52H79N3O16P2/c1-3-5-7-8-9-10-11-12-13-14-19-22-25-28-32-36-48(57)68-42(39-65-47(56)35-31-27-24-21-18-16-15-17-20-23-26-30-34-44-43(69-44)33-29-6-4-2)40-66-72(61,62)71-73(63,64)67-41-45-49(58)50(59)51(70-45)55-38-37-46(53)54-52(55)60/h5-7,9-10,12-13,16-18,20,24,26-27,29-30,37-38,42-45,49-51,58-59H,3-4,8,11,14-15,19,21-23,25,28,31-36,39-41H2,1-2H3,(H,61,62)(H,63,64)(H2,53,54,60)/b7-5-,10-9-,13-12-,18-16-,20-17-,27-24-,29-6-,30-26-/t42-,43?,44?,45-,49-,50-,51-/m1/s1. The largest absolute Gasteiger partial charge is 0.481 e. The number of carbonyl (C=O) groups excluding carboxylic acids is 2. The number of carbonyl (C=O) groups is 2. The topological polar surface area (TPSA) is 278 Å². The van der Waals surface area contributed by atoms with Crippen LogP contribution in [0.1, 0.15) is 136 Å². The average Bonchev–Trinajstić information content (AvgIpc) is 4.04. The van der Waals surface area contributed by atoms with Gasteiger partial charge in [0.25, 0.3) is 0 Å². The number of esters is 2. The van der Waals surface area contributed by atoms with Gasteiger partial charge in [-0.15, -0.1) is 0 Å². The summed E-state index contributed by atoms with van der Waals surface area (Å²) in [6, 6.07) is 1.24. The molecular formula is C52H79N3O16P2. The fourth-order valence-corrected chi connectivity index (χ4v) is 9.21. The van der Waals surface area contributed by atoms with Crippen molar-refractivity contribution in [2.24, 2.45) is 0 Å². The third-order valence-corrected chi connectivity index (χ3v) is 13.7. The van der Waals surface area contributed by atoms with Gasteiger partial charge in [-0.25, -0.2) is 13.9 Å². The van der Waals surface area contributed by atoms with Gasteiger partial charge < -0.3 is 44.7 Å². The molecule has 73 heavy (non-hydrogen) atoms. The Morgan fingerprint density at radius 3 is 1.84 bits per heavy atom. The number of epoxide rings is 1. The normalized spacial score (nSPS) is 22.5. The molecule has 0 spiro atoms. The predicted octanol–water partition coefficient (Wildman–Crippen LogP) is 9.43. The van der Waals surface area contributed by atoms with E-state index in [2.05, 4.69) is 102 Å². The lowest BCUT2D eigenvalue weighted by atomic mass is 10.1. The van der Waals surface area contributed by atoms with Gasteiger partial charge in [0.2, 0.25) is 0 Å². The van der Waals surface area contributed by atoms with Gasteiger partial charge in [-0.3, -0.25) is 23.2 Å². The van der Waals surface area contributed by atoms with Crippen LogP contribution in [0, 0.1) is 0 Å². The number of rotatable bonds is 39. The van der Waals surface area contributed by atoms with Crippen molar-refractivity contribution in [1.82, 2.24) is 9.55 Å². The lowest BCUT2D eigenvalue weighted by Gasteiger charge is -2.21. The van der Waals surface area contributed by atoms with Crippen molar-refractivity contribution in [3.8, 4) is 0 Å². The van der Waals surface area contributed by atoms with Gasteiger partial charge in [0.05, 0.1) is 25.4 Å². The maximum absolute atomic E-state index is 12.9. The minimum Gasteiger partial charge on any atom is -0.462 e. The van der Waals surface area contributed by atoms with Gasteiger partial charge in [-0.1, -0.05) is 130 Å². The van der Waals surface area contributed by atoms with Crippen molar-refractivity contribution in [1.29, 1.82) is 0 Å². The number of allylic oxidation sites excluding steroid dienone is 14. The summed E-state index contributed by atoms with van der Waals surface area (Å²) < 4.78 is 62.4. The van der Waals surface area contributed by atoms with Crippen LogP contribution in [0.2, 0.25) is 0 Å². The highest BCUT2D eigenvalue weighted by molar-refractivity contribution is 7.61. The van der Waals surface area contributed by atoms with E-state index in [0.29, 0.717) is 31.5 Å². The van der Waals surface area contributed by atoms with Crippen LogP contribution < -0.4 is 11.4 Å². The Bertz CT molecular complexity index is 2170. The number of aliphatic hydroxyl groups is 2. The van der Waals surface area contributed by atoms with Gasteiger partial charge in [0.1, 0.15) is 30.7 Å². The van der Waals surface area contributed by atoms with E-state index in [-0.39, 0.29) is 18.7 Å². The third-order valence-electron chi connectivity index (χ3n) is 11.1. The van der Waals surface area contributed by atoms with Crippen molar-refractivity contribution < 1.29 is 71.0 Å². The molecule has 0 saturated carbocycles. The van der Waals surface area contributed by atoms with E-state index in [1.807, 2.05) is 18.2 Å². The lowest BCUT2D eigenvalue weighted by molar-refractivity contribution is -0.161. The Labute approximate surface area is 430 Å². The second-order valence-corrected chi connectivity index (χ2v) is 20.3. The van der Waals surface area contributed by atoms with Crippen LogP contribution in [0.5, 0.6) is 0 Å². The Morgan fingerprint density at radius 1 is 0.671 bits per heavy atom. The molecule has 6 N–H and O–H groups in total. The number of ether oxygens (including phenoxy) is 4. The van der Waals surface area contributed by atoms with Gasteiger partial charge >= 0.3 is 33.3 Å². The van der Waals surface area contributed by atoms with E-state index in [1.54, 1.807) is 0 Å². The number of nitrogen functional groups attached to an aromatic ring is 1. The smallest absolute Gasteiger partial charge is 0.462 e. The molecule has 9 atom stereocenters. The minimum atomic E-state index is -5.45. The highest BCUT2D eigenvalue weighted by Gasteiger charge is 2.46. The molecule has 21 heteroatoms. The first-order valence-corrected chi connectivity index (χ1v) is 28.4. The van der Waals surface area contributed by atoms with Crippen LogP contribution in [0.15, 0.2) is 114 Å². The number of hydrogen-bond donors (Lipinski definition) is 5. The number of aromatic nitrogens is 2. The molecule has 0 radical (unpaired) electrons. The molecule has 0 aromatic carbocycles. The second kappa shape index (κ2) is 36.6. The summed E-state index contributed by atoms with van der Waals surface area (Å²) in [4.78, 5) is 61.9. The Morgan fingerprint density at radius 2 is 1.21 bits per heavy atom. The Balaban J connectivity index is 1.42. The number of hydrogen-bond acceptors (Lipinski definition) is 16. The van der Waals surface area contributed by atoms with Crippen LogP contribution in [-0.2, 0) is 51.0 Å². The SMILES string of the molecule is CC/C=C\C/C=C\C/C=C\CCCCCCCC(=O)O[C@H](COC(=O)CC/C=C\C/C=C\C/C=C\C/C=C\CC1OC1C/C=C\CC)COP(=O)(O)OP(=O)(O)OC[C@H]1O[C@@H](n2ccc(N)nc2=O)[C@H](O)[C@@H]1O. The third kappa shape index (κ3) is 28.8. The van der Waals surface area contributed by atoms with Crippen LogP contribution in [0.3, 0.4) is 0 Å². The van der Waals surface area contributed by atoms with E-state index < -0.39 is 83.7 Å². The van der Waals surface area contributed by atoms with Gasteiger partial charge in [-0.05, 0) is 89.5 Å². The number of aliphatic hydroxyl groups excluding tert-OH is 2. The van der Waals surface area contributed by atoms with Crippen molar-refractivity contribution >= 4 is 33.4 Å². The number of anilines is 1. The zero-order chi connectivity index (χ0) is 53.2. The van der Waals surface area contributed by atoms with Crippen LogP contribution in [-0.4, -0.2) is 97.9 Å². The average molecular weight is 1060 g/mol. The minimum absolute atomic E-state index is 0.00669. The zero-order valence-electron chi connectivity index (χ0n) is 42.3. The molecule has 0 bridgehead atoms. The van der Waals surface area contributed by atoms with E-state index in [1.165, 1.54) is 6.07 Å². The summed E-state index contributed by atoms with van der Waals surface area (Å²) in [5.41, 5.74) is 4.58. The lowest BCUT2D eigenvalue weighted by Crippen LogP contribution is -2.36. The monoisotopic (exact) mass is 1060 g/mol. The van der Waals surface area contributed by atoms with Crippen molar-refractivity contribution in [3.05, 3.63) is 120 Å². The number of nitrogens with zero attached hydrogens (tertiary/aromatic N) is 2. The quantitative estimate of drug-likeness (QED) is 0.0135. The molecule has 1 aromatic rings. The number of unbranched alkanes of at least 4 members (excludes halogenated alkanes) is 5. The molecule has 2 fully saturated rings. The molecule has 2 aliphatic rings. The van der Waals surface area contributed by atoms with Crippen LogP contribution >= 0.6 is 15.6 Å². The predicted molar refractivity (Wildman–Crippen MR) is 279 cm³/mol. The summed E-state index contributed by atoms with van der Waals surface area (Å²) >= 11 is 0. The van der Waals surface area contributed by atoms with Crippen molar-refractivity contribution in [2.45, 2.75) is 172 Å². The molecule has 0 amide bonds. The van der Waals surface area contributed by atoms with Crippen LogP contribution in [0.4, 0.5) is 5.82 Å². The van der Waals surface area contributed by atoms with Gasteiger partial charge in [-0.2, -0.15) is 9.29 Å². The first-order valence-electron chi connectivity index (χ1n) is 25.4. The fraction of sp³-hybridized carbons (Fsp3) is 0.577. The first-order chi connectivity index (χ1) is 35.1. The van der Waals surface area contributed by atoms with E-state index >= 15 is 0 Å². The summed E-state index contributed by atoms with van der Waals surface area (Å²) in [6.07, 6.45) is 41.1. The van der Waals surface area contributed by atoms with E-state index in [0.717, 1.165) is 94.2 Å². The summed E-state index contributed by atoms with van der Waals surface area (Å²) in [7, 11) is -10.9. The van der Waals surface area contributed by atoms with Crippen molar-refractivity contribution in [3.63, 3.8) is 0 Å². The molecule has 2 saturated heterocycles. The fourth-order valence-electron chi connectivity index (χ4n) is 7.10. The molecule has 4 unspecified atom stereocenters. The molecule has 19 nitrogen and oxygen atoms in total. The molecule has 1 aromatic heterocycles. The number of phosphoric ester groups is 2. The molecule has 2 aliphatic heterocycles. The van der Waals surface area contributed by atoms with Gasteiger partial charge in [0.15, 0.2) is 12.3 Å². The molecule has 3 rings (SSSR count). The summed E-state index contributed by atoms with van der Waals surface area (Å²) in [5, 5.41) is 20.9. The molecular weight excluding hydrogens is 985 g/mol. The zero-order valence-corrected chi connectivity index (χ0v) is 44.1. The first kappa shape index (κ1) is 62.9. The maximum Gasteiger partial charge on any atom is 0.481 e. The highest BCUT2D eigenvalue weighted by Crippen LogP contribution is 2.60. The number of phosphoric acid groups is 2. The van der Waals surface area contributed by atoms with Crippen LogP contribution in [0.25, 0.3) is 0 Å². The van der Waals surface area contributed by atoms with Crippen molar-refractivity contribution in [2.75, 3.05) is 25.6 Å². The summed E-state index contributed by atoms with van der Waals surface area (Å²) in [6.45, 7) is 1.82. The Kier molecular flexibility index (Phi) is 31.5. The maximum atomic E-state index is 12.9.